The van der Waals surface area contributed by atoms with Crippen LogP contribution in [-0.2, 0) is 13.1 Å². The van der Waals surface area contributed by atoms with Gasteiger partial charge in [-0.05, 0) is 68.7 Å². The average molecular weight is 475 g/mol. The second-order valence-corrected chi connectivity index (χ2v) is 9.15. The zero-order valence-corrected chi connectivity index (χ0v) is 20.2. The molecule has 1 saturated heterocycles. The topological polar surface area (TPSA) is 76.3 Å². The molecule has 0 unspecified atom stereocenters. The molecule has 0 aliphatic carbocycles. The van der Waals surface area contributed by atoms with Crippen LogP contribution in [0.3, 0.4) is 0 Å². The van der Waals surface area contributed by atoms with Gasteiger partial charge in [0.15, 0.2) is 0 Å². The number of fused-ring (bicyclic) bond motifs is 1. The smallest absolute Gasteiger partial charge is 0.317 e. The summed E-state index contributed by atoms with van der Waals surface area (Å²) in [5.74, 6) is -0.0953. The highest BCUT2D eigenvalue weighted by molar-refractivity contribution is 5.94. The summed E-state index contributed by atoms with van der Waals surface area (Å²) in [5, 5.41) is 3.01. The van der Waals surface area contributed by atoms with Gasteiger partial charge >= 0.3 is 11.1 Å². The predicted octanol–water partition coefficient (Wildman–Crippen LogP) is 3.39. The second-order valence-electron chi connectivity index (χ2n) is 9.15. The third-order valence-corrected chi connectivity index (χ3v) is 6.64. The van der Waals surface area contributed by atoms with Crippen LogP contribution in [0.2, 0.25) is 0 Å². The Morgan fingerprint density at radius 2 is 1.51 bits per heavy atom. The highest BCUT2D eigenvalue weighted by Gasteiger charge is 2.13. The van der Waals surface area contributed by atoms with Gasteiger partial charge in [-0.3, -0.25) is 23.5 Å². The van der Waals surface area contributed by atoms with Gasteiger partial charge in [-0.25, -0.2) is 0 Å². The highest BCUT2D eigenvalue weighted by Crippen LogP contribution is 2.14. The molecular formula is C28H34N4O3. The van der Waals surface area contributed by atoms with Crippen molar-refractivity contribution in [3.8, 4) is 0 Å². The second kappa shape index (κ2) is 11.8. The maximum absolute atomic E-state index is 12.9. The molecule has 7 heteroatoms. The number of allylic oxidation sites excluding steroid dienone is 1. The quantitative estimate of drug-likeness (QED) is 0.293. The average Bonchev–Trinajstić information content (AvgIpc) is 3.16. The van der Waals surface area contributed by atoms with Crippen molar-refractivity contribution >= 4 is 16.9 Å². The van der Waals surface area contributed by atoms with E-state index in [1.807, 2.05) is 36.4 Å². The number of rotatable bonds is 9. The van der Waals surface area contributed by atoms with Crippen LogP contribution in [-0.4, -0.2) is 46.1 Å². The van der Waals surface area contributed by atoms with Crippen molar-refractivity contribution in [2.75, 3.05) is 26.2 Å². The van der Waals surface area contributed by atoms with E-state index >= 15 is 0 Å². The SMILES string of the molecule is C=CCn1c(=O)c(=O)n(Cc2ccc(C(=O)NCCCN3CCCCCC3)cc2)c2ccccc21. The van der Waals surface area contributed by atoms with Gasteiger partial charge in [0, 0.05) is 18.7 Å². The molecule has 3 aromatic rings. The number of likely N-dealkylation sites (tertiary alicyclic amines) is 1. The van der Waals surface area contributed by atoms with Crippen LogP contribution in [0.5, 0.6) is 0 Å². The maximum atomic E-state index is 12.9. The number of nitrogens with one attached hydrogen (secondary N) is 1. The molecule has 0 radical (unpaired) electrons. The summed E-state index contributed by atoms with van der Waals surface area (Å²) >= 11 is 0. The number of hydrogen-bond donors (Lipinski definition) is 1. The molecule has 1 aromatic heterocycles. The lowest BCUT2D eigenvalue weighted by Gasteiger charge is -2.19. The first-order valence-electron chi connectivity index (χ1n) is 12.5. The Hall–Kier alpha value is -3.45. The molecule has 4 rings (SSSR count). The van der Waals surface area contributed by atoms with Gasteiger partial charge in [0.25, 0.3) is 5.91 Å². The van der Waals surface area contributed by atoms with Crippen LogP contribution in [0.25, 0.3) is 11.0 Å². The number of amides is 1. The Morgan fingerprint density at radius 1 is 0.886 bits per heavy atom. The molecule has 0 saturated carbocycles. The van der Waals surface area contributed by atoms with Crippen molar-refractivity contribution < 1.29 is 4.79 Å². The van der Waals surface area contributed by atoms with E-state index in [-0.39, 0.29) is 19.0 Å². The number of carbonyl (C=O) groups excluding carboxylic acids is 1. The first-order valence-corrected chi connectivity index (χ1v) is 12.5. The van der Waals surface area contributed by atoms with Gasteiger partial charge in [-0.1, -0.05) is 43.2 Å². The molecule has 1 amide bonds. The first-order chi connectivity index (χ1) is 17.1. The number of benzene rings is 2. The van der Waals surface area contributed by atoms with E-state index in [1.165, 1.54) is 34.8 Å². The van der Waals surface area contributed by atoms with Gasteiger partial charge in [0.05, 0.1) is 17.6 Å². The summed E-state index contributed by atoms with van der Waals surface area (Å²) in [6.45, 7) is 8.22. The van der Waals surface area contributed by atoms with Gasteiger partial charge in [0.2, 0.25) is 0 Å². The molecule has 7 nitrogen and oxygen atoms in total. The Bertz CT molecular complexity index is 1280. The summed E-state index contributed by atoms with van der Waals surface area (Å²) < 4.78 is 2.94. The van der Waals surface area contributed by atoms with Crippen LogP contribution in [0, 0.1) is 0 Å². The zero-order chi connectivity index (χ0) is 24.6. The first kappa shape index (κ1) is 24.7. The fourth-order valence-corrected chi connectivity index (χ4v) is 4.75. The van der Waals surface area contributed by atoms with Crippen LogP contribution in [0.4, 0.5) is 0 Å². The maximum Gasteiger partial charge on any atom is 0.317 e. The molecule has 1 fully saturated rings. The molecule has 1 N–H and O–H groups in total. The zero-order valence-electron chi connectivity index (χ0n) is 20.2. The summed E-state index contributed by atoms with van der Waals surface area (Å²) in [5.41, 5.74) is 1.66. The molecule has 184 valence electrons. The van der Waals surface area contributed by atoms with Crippen molar-refractivity contribution in [1.82, 2.24) is 19.4 Å². The summed E-state index contributed by atoms with van der Waals surface area (Å²) in [6.07, 6.45) is 7.74. The van der Waals surface area contributed by atoms with Gasteiger partial charge < -0.3 is 10.2 Å². The van der Waals surface area contributed by atoms with Crippen molar-refractivity contribution in [3.05, 3.63) is 93.0 Å². The van der Waals surface area contributed by atoms with Crippen molar-refractivity contribution in [2.24, 2.45) is 0 Å². The van der Waals surface area contributed by atoms with Crippen LogP contribution in [0.1, 0.15) is 48.0 Å². The van der Waals surface area contributed by atoms with E-state index in [1.54, 1.807) is 18.2 Å². The van der Waals surface area contributed by atoms with Gasteiger partial charge in [-0.2, -0.15) is 0 Å². The van der Waals surface area contributed by atoms with Crippen molar-refractivity contribution in [3.63, 3.8) is 0 Å². The van der Waals surface area contributed by atoms with E-state index in [4.69, 9.17) is 0 Å². The summed E-state index contributed by atoms with van der Waals surface area (Å²) in [6, 6.07) is 14.6. The minimum atomic E-state index is -0.572. The van der Waals surface area contributed by atoms with Gasteiger partial charge in [0.1, 0.15) is 0 Å². The largest absolute Gasteiger partial charge is 0.352 e. The summed E-state index contributed by atoms with van der Waals surface area (Å²) in [7, 11) is 0. The number of nitrogens with zero attached hydrogens (tertiary/aromatic N) is 3. The molecule has 0 atom stereocenters. The van der Waals surface area contributed by atoms with Crippen LogP contribution >= 0.6 is 0 Å². The van der Waals surface area contributed by atoms with Crippen molar-refractivity contribution in [2.45, 2.75) is 45.2 Å². The number of hydrogen-bond acceptors (Lipinski definition) is 4. The number of carbonyl (C=O) groups is 1. The lowest BCUT2D eigenvalue weighted by atomic mass is 10.1. The third-order valence-electron chi connectivity index (χ3n) is 6.64. The van der Waals surface area contributed by atoms with Crippen LogP contribution in [0.15, 0.2) is 70.8 Å². The predicted molar refractivity (Wildman–Crippen MR) is 140 cm³/mol. The molecule has 0 spiro atoms. The lowest BCUT2D eigenvalue weighted by molar-refractivity contribution is 0.0951. The highest BCUT2D eigenvalue weighted by atomic mass is 16.2. The lowest BCUT2D eigenvalue weighted by Crippen LogP contribution is -2.41. The Kier molecular flexibility index (Phi) is 8.32. The summed E-state index contributed by atoms with van der Waals surface area (Å²) in [4.78, 5) is 40.6. The standard InChI is InChI=1S/C28H34N4O3/c1-2-17-31-24-10-5-6-11-25(24)32(28(35)27(31)34)21-22-12-14-23(15-13-22)26(33)29-16-9-20-30-18-7-3-4-8-19-30/h2,5-6,10-15H,1,3-4,7-9,16-21H2,(H,29,33). The monoisotopic (exact) mass is 474 g/mol. The Morgan fingerprint density at radius 3 is 2.17 bits per heavy atom. The van der Waals surface area contributed by atoms with Crippen molar-refractivity contribution in [1.29, 1.82) is 0 Å². The van der Waals surface area contributed by atoms with E-state index in [2.05, 4.69) is 16.8 Å². The minimum absolute atomic E-state index is 0.0953. The molecule has 0 bridgehead atoms. The molecule has 35 heavy (non-hydrogen) atoms. The molecule has 2 heterocycles. The fraction of sp³-hybridized carbons (Fsp3) is 0.393. The number of para-hydroxylation sites is 2. The third kappa shape index (κ3) is 5.98. The molecular weight excluding hydrogens is 440 g/mol. The van der Waals surface area contributed by atoms with E-state index < -0.39 is 11.1 Å². The number of aromatic nitrogens is 2. The normalized spacial score (nSPS) is 14.5. The van der Waals surface area contributed by atoms with E-state index in [0.29, 0.717) is 23.1 Å². The van der Waals surface area contributed by atoms with E-state index in [9.17, 15) is 14.4 Å². The molecule has 2 aromatic carbocycles. The Balaban J connectivity index is 1.40. The molecule has 1 aliphatic rings. The molecule has 1 aliphatic heterocycles. The fourth-order valence-electron chi connectivity index (χ4n) is 4.75. The minimum Gasteiger partial charge on any atom is -0.352 e. The van der Waals surface area contributed by atoms with Crippen LogP contribution < -0.4 is 16.4 Å². The van der Waals surface area contributed by atoms with Gasteiger partial charge in [-0.15, -0.1) is 6.58 Å². The Labute approximate surface area is 205 Å². The van der Waals surface area contributed by atoms with E-state index in [0.717, 1.165) is 31.6 Å².